The van der Waals surface area contributed by atoms with Crippen molar-refractivity contribution in [3.8, 4) is 0 Å². The van der Waals surface area contributed by atoms with Crippen molar-refractivity contribution >= 4 is 22.1 Å². The molecule has 3 aromatic rings. The summed E-state index contributed by atoms with van der Waals surface area (Å²) in [4.78, 5) is 0. The van der Waals surface area contributed by atoms with Crippen LogP contribution in [0.15, 0.2) is 30.6 Å². The van der Waals surface area contributed by atoms with Crippen molar-refractivity contribution in [1.29, 1.82) is 0 Å². The molecule has 0 aliphatic rings. The Balaban J connectivity index is 0.000000331. The topological polar surface area (TPSA) is 53.5 Å². The molecule has 192 valence electrons. The van der Waals surface area contributed by atoms with Crippen LogP contribution in [0.3, 0.4) is 0 Å². The number of hydrogen-bond donors (Lipinski definition) is 0. The number of hydrogen-bond acceptors (Lipinski definition) is 3. The van der Waals surface area contributed by atoms with Gasteiger partial charge < -0.3 is 0 Å². The summed E-state index contributed by atoms with van der Waals surface area (Å²) in [5.74, 6) is 0. The van der Waals surface area contributed by atoms with Gasteiger partial charge in [-0.1, -0.05) is 0 Å². The van der Waals surface area contributed by atoms with E-state index in [-0.39, 0.29) is 0 Å². The molecular weight excluding hydrogens is 527 g/mol. The molecule has 0 unspecified atom stereocenters. The second kappa shape index (κ2) is 16.2. The standard InChI is InChI=1S/C5H8N2.C5H7N2.C5H8N2.3C4H9.Sn/c2*1-5-3-4-7(2)6-5;1-5-3-4-6-7(5)2;3*1-3-4-2;/h3-4H,1-2H3;3H,1-2H3;3-4H,1-2H3;3*1,3-4H2,2H3;. The number of aromatic nitrogens is 6. The molecular formula is C27H50N6Sn. The molecule has 3 aromatic heterocycles. The zero-order chi connectivity index (χ0) is 25.6. The van der Waals surface area contributed by atoms with Crippen molar-refractivity contribution in [2.45, 2.75) is 93.4 Å². The van der Waals surface area contributed by atoms with Crippen LogP contribution in [0.1, 0.15) is 76.4 Å². The van der Waals surface area contributed by atoms with Gasteiger partial charge >= 0.3 is 130 Å². The first-order valence-corrected chi connectivity index (χ1v) is 20.6. The minimum atomic E-state index is -2.24. The van der Waals surface area contributed by atoms with Crippen LogP contribution < -0.4 is 3.71 Å². The fourth-order valence-electron chi connectivity index (χ4n) is 4.38. The zero-order valence-electron chi connectivity index (χ0n) is 23.4. The van der Waals surface area contributed by atoms with E-state index in [0.29, 0.717) is 0 Å². The van der Waals surface area contributed by atoms with E-state index in [4.69, 9.17) is 0 Å². The summed E-state index contributed by atoms with van der Waals surface area (Å²) in [6, 6.07) is 6.37. The van der Waals surface area contributed by atoms with E-state index in [1.807, 2.05) is 51.0 Å². The molecule has 34 heavy (non-hydrogen) atoms. The number of aryl methyl sites for hydroxylation is 6. The molecule has 0 bridgehead atoms. The third-order valence-corrected chi connectivity index (χ3v) is 22.1. The molecule has 0 saturated carbocycles. The smallest absolute Gasteiger partial charge is 0.0593 e. The Morgan fingerprint density at radius 1 is 0.735 bits per heavy atom. The zero-order valence-corrected chi connectivity index (χ0v) is 26.3. The summed E-state index contributed by atoms with van der Waals surface area (Å²) in [6.45, 7) is 13.2. The predicted molar refractivity (Wildman–Crippen MR) is 148 cm³/mol. The largest absolute Gasteiger partial charge is 0.276 e. The molecule has 6 nitrogen and oxygen atoms in total. The van der Waals surface area contributed by atoms with Crippen molar-refractivity contribution < 1.29 is 0 Å². The molecule has 7 heteroatoms. The Morgan fingerprint density at radius 2 is 1.29 bits per heavy atom. The Hall–Kier alpha value is -1.57. The molecule has 3 heterocycles. The van der Waals surface area contributed by atoms with Crippen LogP contribution >= 0.6 is 0 Å². The summed E-state index contributed by atoms with van der Waals surface area (Å²) in [5.41, 5.74) is 3.48. The van der Waals surface area contributed by atoms with E-state index in [2.05, 4.69) is 60.8 Å². The van der Waals surface area contributed by atoms with E-state index < -0.39 is 18.4 Å². The molecule has 0 amide bonds. The van der Waals surface area contributed by atoms with Gasteiger partial charge in [0.15, 0.2) is 0 Å². The number of unbranched alkanes of at least 4 members (excludes halogenated alkanes) is 3. The third-order valence-electron chi connectivity index (χ3n) is 6.48. The van der Waals surface area contributed by atoms with Gasteiger partial charge in [-0.2, -0.15) is 10.2 Å². The minimum Gasteiger partial charge on any atom is -0.276 e. The van der Waals surface area contributed by atoms with Crippen molar-refractivity contribution in [1.82, 2.24) is 29.3 Å². The van der Waals surface area contributed by atoms with Crippen LogP contribution in [0.4, 0.5) is 0 Å². The van der Waals surface area contributed by atoms with Crippen molar-refractivity contribution in [3.63, 3.8) is 0 Å². The van der Waals surface area contributed by atoms with E-state index >= 15 is 0 Å². The second-order valence-electron chi connectivity index (χ2n) is 9.61. The normalized spacial score (nSPS) is 11.0. The first kappa shape index (κ1) is 30.5. The molecule has 0 N–H and O–H groups in total. The maximum Gasteiger partial charge on any atom is 0.0593 e. The summed E-state index contributed by atoms with van der Waals surface area (Å²) in [6.07, 6.45) is 12.0. The second-order valence-corrected chi connectivity index (χ2v) is 22.7. The average Bonchev–Trinajstić information content (AvgIpc) is 3.48. The van der Waals surface area contributed by atoms with Gasteiger partial charge in [-0.3, -0.25) is 9.36 Å². The van der Waals surface area contributed by atoms with Crippen LogP contribution in [-0.4, -0.2) is 47.7 Å². The first-order valence-electron chi connectivity index (χ1n) is 13.1. The molecule has 0 aromatic carbocycles. The van der Waals surface area contributed by atoms with Gasteiger partial charge in [0, 0.05) is 32.2 Å². The van der Waals surface area contributed by atoms with Crippen LogP contribution in [-0.2, 0) is 21.1 Å². The minimum absolute atomic E-state index is 1.07. The molecule has 3 rings (SSSR count). The number of nitrogens with zero attached hydrogens (tertiary/aromatic N) is 6. The van der Waals surface area contributed by atoms with Gasteiger partial charge in [-0.15, -0.1) is 0 Å². The Bertz CT molecular complexity index is 869. The third kappa shape index (κ3) is 10.4. The van der Waals surface area contributed by atoms with Gasteiger partial charge in [-0.25, -0.2) is 0 Å². The maximum absolute atomic E-state index is 4.67. The van der Waals surface area contributed by atoms with E-state index in [0.717, 1.165) is 5.69 Å². The fraction of sp³-hybridized carbons (Fsp3) is 0.667. The average molecular weight is 577 g/mol. The van der Waals surface area contributed by atoms with E-state index in [9.17, 15) is 0 Å². The van der Waals surface area contributed by atoms with Crippen molar-refractivity contribution in [2.75, 3.05) is 0 Å². The van der Waals surface area contributed by atoms with Crippen molar-refractivity contribution in [2.24, 2.45) is 21.1 Å². The molecule has 0 aliphatic heterocycles. The van der Waals surface area contributed by atoms with Gasteiger partial charge in [0.25, 0.3) is 0 Å². The Kier molecular flexibility index (Phi) is 14.5. The van der Waals surface area contributed by atoms with Crippen LogP contribution in [0.5, 0.6) is 0 Å². The van der Waals surface area contributed by atoms with Crippen LogP contribution in [0.25, 0.3) is 0 Å². The number of rotatable bonds is 10. The van der Waals surface area contributed by atoms with Gasteiger partial charge in [0.1, 0.15) is 0 Å². The predicted octanol–water partition coefficient (Wildman–Crippen LogP) is 6.24. The quantitative estimate of drug-likeness (QED) is 0.268. The summed E-state index contributed by atoms with van der Waals surface area (Å²) < 4.78 is 12.1. The first-order chi connectivity index (χ1) is 16.2. The molecule has 0 radical (unpaired) electrons. The maximum atomic E-state index is 4.67. The van der Waals surface area contributed by atoms with Gasteiger partial charge in [0.05, 0.1) is 5.69 Å². The monoisotopic (exact) mass is 578 g/mol. The summed E-state index contributed by atoms with van der Waals surface area (Å²) in [7, 11) is 6.01. The molecule has 0 aliphatic carbocycles. The molecule has 0 saturated heterocycles. The SMILES string of the molecule is CCC[CH2][Sn]([CH2]CCC)([CH2]CCC)[c]1cc(C)nn1C.Cc1ccn(C)n1.Cc1ccnn1C. The fourth-order valence-corrected chi connectivity index (χ4v) is 21.1. The van der Waals surface area contributed by atoms with Crippen molar-refractivity contribution in [3.05, 3.63) is 47.7 Å². The van der Waals surface area contributed by atoms with Gasteiger partial charge in [-0.05, 0) is 26.0 Å². The van der Waals surface area contributed by atoms with Gasteiger partial charge in [0.2, 0.25) is 0 Å². The van der Waals surface area contributed by atoms with Crippen LogP contribution in [0, 0.1) is 20.8 Å². The molecule has 0 fully saturated rings. The molecule has 0 spiro atoms. The summed E-state index contributed by atoms with van der Waals surface area (Å²) >= 11 is -2.24. The van der Waals surface area contributed by atoms with E-state index in [1.165, 1.54) is 63.2 Å². The summed E-state index contributed by atoms with van der Waals surface area (Å²) in [5, 5.41) is 12.6. The molecule has 0 atom stereocenters. The van der Waals surface area contributed by atoms with E-state index in [1.54, 1.807) is 14.6 Å². The Labute approximate surface area is 213 Å². The van der Waals surface area contributed by atoms with Crippen LogP contribution in [0.2, 0.25) is 13.3 Å². The Morgan fingerprint density at radius 3 is 1.53 bits per heavy atom.